The van der Waals surface area contributed by atoms with E-state index in [-0.39, 0.29) is 6.04 Å². The van der Waals surface area contributed by atoms with Crippen LogP contribution < -0.4 is 5.73 Å². The second-order valence-corrected chi connectivity index (χ2v) is 6.18. The van der Waals surface area contributed by atoms with Crippen LogP contribution in [-0.2, 0) is 6.42 Å². The molecule has 0 fully saturated rings. The smallest absolute Gasteiger partial charge is 0.0595 e. The molecular formula is C16H17BrClN. The molecule has 2 aromatic rings. The average Bonchev–Trinajstić information content (AvgIpc) is 2.31. The SMILES string of the molecule is Cc1cc(C)cc(CC(N)c2cccc(Br)c2Cl)c1. The number of rotatable bonds is 3. The highest BCUT2D eigenvalue weighted by atomic mass is 79.9. The van der Waals surface area contributed by atoms with Gasteiger partial charge in [-0.25, -0.2) is 0 Å². The van der Waals surface area contributed by atoms with Crippen LogP contribution in [0.1, 0.15) is 28.3 Å². The minimum atomic E-state index is -0.0915. The highest BCUT2D eigenvalue weighted by molar-refractivity contribution is 9.10. The van der Waals surface area contributed by atoms with Crippen molar-refractivity contribution in [3.63, 3.8) is 0 Å². The Morgan fingerprint density at radius 2 is 1.79 bits per heavy atom. The largest absolute Gasteiger partial charge is 0.324 e. The number of hydrogen-bond acceptors (Lipinski definition) is 1. The molecule has 0 amide bonds. The lowest BCUT2D eigenvalue weighted by molar-refractivity contribution is 0.721. The number of nitrogens with two attached hydrogens (primary N) is 1. The molecule has 0 heterocycles. The predicted molar refractivity (Wildman–Crippen MR) is 85.7 cm³/mol. The van der Waals surface area contributed by atoms with Gasteiger partial charge in [0.2, 0.25) is 0 Å². The predicted octanol–water partition coefficient (Wildman–Crippen LogP) is 4.96. The maximum Gasteiger partial charge on any atom is 0.0595 e. The molecule has 0 radical (unpaired) electrons. The van der Waals surface area contributed by atoms with E-state index >= 15 is 0 Å². The summed E-state index contributed by atoms with van der Waals surface area (Å²) in [7, 11) is 0. The summed E-state index contributed by atoms with van der Waals surface area (Å²) in [4.78, 5) is 0. The van der Waals surface area contributed by atoms with Crippen LogP contribution in [0.5, 0.6) is 0 Å². The zero-order valence-electron chi connectivity index (χ0n) is 11.1. The first-order valence-electron chi connectivity index (χ1n) is 6.24. The van der Waals surface area contributed by atoms with Crippen molar-refractivity contribution in [3.8, 4) is 0 Å². The Balaban J connectivity index is 2.25. The van der Waals surface area contributed by atoms with Gasteiger partial charge in [-0.15, -0.1) is 0 Å². The molecule has 2 N–H and O–H groups in total. The monoisotopic (exact) mass is 337 g/mol. The second-order valence-electron chi connectivity index (χ2n) is 4.95. The van der Waals surface area contributed by atoms with Gasteiger partial charge in [-0.1, -0.05) is 53.1 Å². The van der Waals surface area contributed by atoms with Crippen LogP contribution >= 0.6 is 27.5 Å². The van der Waals surface area contributed by atoms with Crippen LogP contribution in [0.2, 0.25) is 5.02 Å². The van der Waals surface area contributed by atoms with E-state index in [4.69, 9.17) is 17.3 Å². The van der Waals surface area contributed by atoms with Gasteiger partial charge >= 0.3 is 0 Å². The van der Waals surface area contributed by atoms with E-state index in [9.17, 15) is 0 Å². The zero-order valence-corrected chi connectivity index (χ0v) is 13.4. The van der Waals surface area contributed by atoms with Crippen LogP contribution in [0.15, 0.2) is 40.9 Å². The van der Waals surface area contributed by atoms with Gasteiger partial charge in [0.05, 0.1) is 5.02 Å². The molecule has 1 atom stereocenters. The molecule has 0 saturated heterocycles. The normalized spacial score (nSPS) is 12.5. The van der Waals surface area contributed by atoms with Crippen LogP contribution in [0.4, 0.5) is 0 Å². The molecule has 0 aliphatic heterocycles. The fourth-order valence-electron chi connectivity index (χ4n) is 2.36. The van der Waals surface area contributed by atoms with Crippen molar-refractivity contribution in [1.29, 1.82) is 0 Å². The lowest BCUT2D eigenvalue weighted by atomic mass is 9.97. The third kappa shape index (κ3) is 3.59. The summed E-state index contributed by atoms with van der Waals surface area (Å²) in [6.45, 7) is 4.21. The first-order chi connectivity index (χ1) is 8.97. The van der Waals surface area contributed by atoms with Gasteiger partial charge in [0.25, 0.3) is 0 Å². The summed E-state index contributed by atoms with van der Waals surface area (Å²) in [5, 5.41) is 0.708. The third-order valence-corrected chi connectivity index (χ3v) is 4.43. The quantitative estimate of drug-likeness (QED) is 0.841. The van der Waals surface area contributed by atoms with Crippen molar-refractivity contribution in [2.45, 2.75) is 26.3 Å². The van der Waals surface area contributed by atoms with E-state index in [0.29, 0.717) is 5.02 Å². The van der Waals surface area contributed by atoms with E-state index in [1.807, 2.05) is 18.2 Å². The first kappa shape index (κ1) is 14.6. The molecule has 3 heteroatoms. The van der Waals surface area contributed by atoms with Crippen molar-refractivity contribution in [1.82, 2.24) is 0 Å². The molecule has 1 nitrogen and oxygen atoms in total. The highest BCUT2D eigenvalue weighted by Crippen LogP contribution is 2.30. The molecule has 0 aliphatic rings. The molecule has 2 rings (SSSR count). The Morgan fingerprint density at radius 1 is 1.16 bits per heavy atom. The number of benzene rings is 2. The zero-order chi connectivity index (χ0) is 14.0. The van der Waals surface area contributed by atoms with Gasteiger partial charge in [0, 0.05) is 10.5 Å². The van der Waals surface area contributed by atoms with Crippen molar-refractivity contribution in [2.75, 3.05) is 0 Å². The van der Waals surface area contributed by atoms with Gasteiger partial charge in [-0.2, -0.15) is 0 Å². The fraction of sp³-hybridized carbons (Fsp3) is 0.250. The summed E-state index contributed by atoms with van der Waals surface area (Å²) in [5.41, 5.74) is 11.1. The van der Waals surface area contributed by atoms with Gasteiger partial charge in [-0.3, -0.25) is 0 Å². The maximum atomic E-state index is 6.29. The van der Waals surface area contributed by atoms with Crippen molar-refractivity contribution < 1.29 is 0 Å². The highest BCUT2D eigenvalue weighted by Gasteiger charge is 2.13. The van der Waals surface area contributed by atoms with Crippen molar-refractivity contribution >= 4 is 27.5 Å². The summed E-state index contributed by atoms with van der Waals surface area (Å²) < 4.78 is 0.891. The van der Waals surface area contributed by atoms with Gasteiger partial charge in [-0.05, 0) is 53.4 Å². The summed E-state index contributed by atoms with van der Waals surface area (Å²) in [6, 6.07) is 12.3. The lowest BCUT2D eigenvalue weighted by Crippen LogP contribution is -2.14. The third-order valence-electron chi connectivity index (χ3n) is 3.12. The molecule has 19 heavy (non-hydrogen) atoms. The number of aryl methyl sites for hydroxylation is 2. The number of halogens is 2. The van der Waals surface area contributed by atoms with E-state index in [1.54, 1.807) is 0 Å². The summed E-state index contributed by atoms with van der Waals surface area (Å²) in [5.74, 6) is 0. The Kier molecular flexibility index (Phi) is 4.67. The van der Waals surface area contributed by atoms with E-state index in [1.165, 1.54) is 16.7 Å². The fourth-order valence-corrected chi connectivity index (χ4v) is 3.01. The minimum absolute atomic E-state index is 0.0915. The first-order valence-corrected chi connectivity index (χ1v) is 7.41. The molecule has 100 valence electrons. The lowest BCUT2D eigenvalue weighted by Gasteiger charge is -2.15. The van der Waals surface area contributed by atoms with Crippen LogP contribution in [0.25, 0.3) is 0 Å². The van der Waals surface area contributed by atoms with Crippen molar-refractivity contribution in [3.05, 3.63) is 68.1 Å². The van der Waals surface area contributed by atoms with Crippen LogP contribution in [0, 0.1) is 13.8 Å². The number of hydrogen-bond donors (Lipinski definition) is 1. The van der Waals surface area contributed by atoms with Crippen molar-refractivity contribution in [2.24, 2.45) is 5.73 Å². The average molecular weight is 339 g/mol. The molecule has 0 aromatic heterocycles. The molecule has 1 unspecified atom stereocenters. The second kappa shape index (κ2) is 6.08. The molecular weight excluding hydrogens is 322 g/mol. The Morgan fingerprint density at radius 3 is 2.42 bits per heavy atom. The minimum Gasteiger partial charge on any atom is -0.324 e. The maximum absolute atomic E-state index is 6.29. The van der Waals surface area contributed by atoms with Crippen LogP contribution in [-0.4, -0.2) is 0 Å². The summed E-state index contributed by atoms with van der Waals surface area (Å²) >= 11 is 9.73. The van der Waals surface area contributed by atoms with Gasteiger partial charge in [0.1, 0.15) is 0 Å². The van der Waals surface area contributed by atoms with Crippen LogP contribution in [0.3, 0.4) is 0 Å². The van der Waals surface area contributed by atoms with E-state index < -0.39 is 0 Å². The van der Waals surface area contributed by atoms with Gasteiger partial charge < -0.3 is 5.73 Å². The Labute approximate surface area is 127 Å². The molecule has 0 saturated carbocycles. The summed E-state index contributed by atoms with van der Waals surface area (Å²) in [6.07, 6.45) is 0.790. The molecule has 0 bridgehead atoms. The topological polar surface area (TPSA) is 26.0 Å². The molecule has 0 spiro atoms. The molecule has 0 aliphatic carbocycles. The van der Waals surface area contributed by atoms with E-state index in [2.05, 4.69) is 48.0 Å². The Bertz CT molecular complexity index is 575. The molecule has 2 aromatic carbocycles. The van der Waals surface area contributed by atoms with Gasteiger partial charge in [0.15, 0.2) is 0 Å². The standard InChI is InChI=1S/C16H17BrClN/c1-10-6-11(2)8-12(7-10)9-15(19)13-4-3-5-14(17)16(13)18/h3-8,15H,9,19H2,1-2H3. The Hall–Kier alpha value is -0.830. The van der Waals surface area contributed by atoms with E-state index in [0.717, 1.165) is 16.5 Å².